The highest BCUT2D eigenvalue weighted by atomic mass is 16.6. The molecule has 146 valence electrons. The van der Waals surface area contributed by atoms with Crippen molar-refractivity contribution in [2.24, 2.45) is 0 Å². The van der Waals surface area contributed by atoms with Crippen molar-refractivity contribution < 1.29 is 14.8 Å². The molecule has 3 rings (SSSR count). The summed E-state index contributed by atoms with van der Waals surface area (Å²) in [5.41, 5.74) is -0.314. The minimum absolute atomic E-state index is 0.0657. The van der Waals surface area contributed by atoms with Crippen molar-refractivity contribution in [1.82, 2.24) is 9.97 Å². The molecule has 0 amide bonds. The van der Waals surface area contributed by atoms with Crippen LogP contribution in [0.3, 0.4) is 0 Å². The molecule has 0 radical (unpaired) electrons. The predicted molar refractivity (Wildman–Crippen MR) is 101 cm³/mol. The van der Waals surface area contributed by atoms with Gasteiger partial charge >= 0.3 is 5.69 Å². The van der Waals surface area contributed by atoms with Crippen molar-refractivity contribution in [2.75, 3.05) is 10.6 Å². The van der Waals surface area contributed by atoms with Crippen LogP contribution in [-0.4, -0.2) is 24.7 Å². The van der Waals surface area contributed by atoms with E-state index in [2.05, 4.69) is 20.6 Å². The largest absolute Gasteiger partial charge is 0.334 e. The summed E-state index contributed by atoms with van der Waals surface area (Å²) in [4.78, 5) is 39.0. The Hall–Kier alpha value is -4.68. The van der Waals surface area contributed by atoms with E-state index in [1.807, 2.05) is 0 Å². The Labute approximate surface area is 161 Å². The molecule has 0 atom stereocenters. The van der Waals surface area contributed by atoms with Crippen molar-refractivity contribution in [3.05, 3.63) is 85.1 Å². The number of aromatic nitrogens is 2. The SMILES string of the molecule is O=[N+]([O-])c1cccc(Nc2ncc([N+](=O)[O-])c(Nc3cccc([N+](=O)[O-])c3)n2)c1. The molecule has 0 aliphatic carbocycles. The third kappa shape index (κ3) is 4.54. The first-order valence-electron chi connectivity index (χ1n) is 7.88. The molecule has 3 aromatic rings. The molecule has 0 saturated carbocycles. The van der Waals surface area contributed by atoms with E-state index < -0.39 is 20.5 Å². The lowest BCUT2D eigenvalue weighted by Gasteiger charge is -2.09. The number of nitrogens with one attached hydrogen (secondary N) is 2. The Morgan fingerprint density at radius 3 is 1.83 bits per heavy atom. The first kappa shape index (κ1) is 19.1. The van der Waals surface area contributed by atoms with Crippen LogP contribution < -0.4 is 10.6 Å². The number of nitro benzene ring substituents is 2. The molecule has 2 N–H and O–H groups in total. The Balaban J connectivity index is 1.93. The summed E-state index contributed by atoms with van der Waals surface area (Å²) in [6.07, 6.45) is 0.951. The number of anilines is 4. The normalized spacial score (nSPS) is 10.2. The van der Waals surface area contributed by atoms with E-state index in [1.54, 1.807) is 0 Å². The highest BCUT2D eigenvalue weighted by molar-refractivity contribution is 5.68. The smallest absolute Gasteiger partial charge is 0.329 e. The third-order valence-corrected chi connectivity index (χ3v) is 3.60. The lowest BCUT2D eigenvalue weighted by molar-refractivity contribution is -0.385. The molecule has 1 heterocycles. The summed E-state index contributed by atoms with van der Waals surface area (Å²) < 4.78 is 0. The summed E-state index contributed by atoms with van der Waals surface area (Å²) in [6, 6.07) is 10.9. The molecule has 2 aromatic carbocycles. The maximum absolute atomic E-state index is 11.3. The van der Waals surface area contributed by atoms with E-state index in [-0.39, 0.29) is 28.8 Å². The number of nitrogens with zero attached hydrogens (tertiary/aromatic N) is 5. The monoisotopic (exact) mass is 397 g/mol. The first-order chi connectivity index (χ1) is 13.8. The molecule has 0 bridgehead atoms. The number of rotatable bonds is 7. The van der Waals surface area contributed by atoms with Gasteiger partial charge in [0, 0.05) is 35.6 Å². The van der Waals surface area contributed by atoms with Crippen molar-refractivity contribution in [1.29, 1.82) is 0 Å². The Morgan fingerprint density at radius 2 is 1.31 bits per heavy atom. The number of nitro groups is 3. The van der Waals surface area contributed by atoms with Gasteiger partial charge in [-0.2, -0.15) is 4.98 Å². The summed E-state index contributed by atoms with van der Waals surface area (Å²) >= 11 is 0. The van der Waals surface area contributed by atoms with Crippen LogP contribution in [0.15, 0.2) is 54.7 Å². The van der Waals surface area contributed by atoms with Gasteiger partial charge in [0.1, 0.15) is 6.20 Å². The average Bonchev–Trinajstić information content (AvgIpc) is 2.68. The Bertz CT molecular complexity index is 1120. The number of hydrogen-bond acceptors (Lipinski definition) is 10. The van der Waals surface area contributed by atoms with Crippen LogP contribution in [0.1, 0.15) is 0 Å². The summed E-state index contributed by atoms with van der Waals surface area (Å²) in [6.45, 7) is 0. The van der Waals surface area contributed by atoms with Gasteiger partial charge in [-0.25, -0.2) is 4.98 Å². The summed E-state index contributed by atoms with van der Waals surface area (Å²) in [5, 5.41) is 38.4. The molecule has 1 aromatic heterocycles. The standard InChI is InChI=1S/C16H11N7O6/c24-21(25)12-5-1-3-10(7-12)18-15-14(23(28)29)9-17-16(20-15)19-11-4-2-6-13(8-11)22(26)27/h1-9H,(H2,17,18,19,20). The summed E-state index contributed by atoms with van der Waals surface area (Å²) in [7, 11) is 0. The van der Waals surface area contributed by atoms with Crippen molar-refractivity contribution in [2.45, 2.75) is 0 Å². The van der Waals surface area contributed by atoms with Gasteiger partial charge in [-0.1, -0.05) is 12.1 Å². The van der Waals surface area contributed by atoms with Gasteiger partial charge in [0.15, 0.2) is 0 Å². The maximum atomic E-state index is 11.3. The first-order valence-corrected chi connectivity index (χ1v) is 7.88. The number of non-ortho nitro benzene ring substituents is 2. The zero-order chi connectivity index (χ0) is 21.0. The van der Waals surface area contributed by atoms with E-state index in [9.17, 15) is 30.3 Å². The zero-order valence-corrected chi connectivity index (χ0v) is 14.4. The fraction of sp³-hybridized carbons (Fsp3) is 0. The lowest BCUT2D eigenvalue weighted by Crippen LogP contribution is -2.05. The fourth-order valence-corrected chi connectivity index (χ4v) is 2.32. The minimum Gasteiger partial charge on any atom is -0.334 e. The van der Waals surface area contributed by atoms with Crippen LogP contribution in [0.4, 0.5) is 40.2 Å². The fourth-order valence-electron chi connectivity index (χ4n) is 2.32. The van der Waals surface area contributed by atoms with Gasteiger partial charge in [0.25, 0.3) is 11.4 Å². The molecule has 13 nitrogen and oxygen atoms in total. The van der Waals surface area contributed by atoms with Crippen molar-refractivity contribution in [3.8, 4) is 0 Å². The Morgan fingerprint density at radius 1 is 0.759 bits per heavy atom. The van der Waals surface area contributed by atoms with Crippen LogP contribution in [0.5, 0.6) is 0 Å². The van der Waals surface area contributed by atoms with Gasteiger partial charge in [0.2, 0.25) is 11.8 Å². The van der Waals surface area contributed by atoms with Gasteiger partial charge < -0.3 is 10.6 Å². The molecule has 0 saturated heterocycles. The molecular weight excluding hydrogens is 386 g/mol. The lowest BCUT2D eigenvalue weighted by atomic mass is 10.3. The molecule has 13 heteroatoms. The van der Waals surface area contributed by atoms with E-state index in [0.29, 0.717) is 5.69 Å². The van der Waals surface area contributed by atoms with Crippen LogP contribution in [-0.2, 0) is 0 Å². The summed E-state index contributed by atoms with van der Waals surface area (Å²) in [5.74, 6) is -0.276. The van der Waals surface area contributed by atoms with E-state index in [0.717, 1.165) is 6.20 Å². The predicted octanol–water partition coefficient (Wildman–Crippen LogP) is 3.69. The third-order valence-electron chi connectivity index (χ3n) is 3.60. The Kier molecular flexibility index (Phi) is 5.21. The highest BCUT2D eigenvalue weighted by Crippen LogP contribution is 2.28. The molecule has 29 heavy (non-hydrogen) atoms. The molecule has 0 unspecified atom stereocenters. The average molecular weight is 397 g/mol. The number of hydrogen-bond donors (Lipinski definition) is 2. The minimum atomic E-state index is -0.711. The van der Waals surface area contributed by atoms with Gasteiger partial charge in [-0.15, -0.1) is 0 Å². The van der Waals surface area contributed by atoms with E-state index in [1.165, 1.54) is 48.5 Å². The molecule has 0 aliphatic heterocycles. The van der Waals surface area contributed by atoms with E-state index in [4.69, 9.17) is 0 Å². The molecule has 0 spiro atoms. The highest BCUT2D eigenvalue weighted by Gasteiger charge is 2.19. The quantitative estimate of drug-likeness (QED) is 0.441. The van der Waals surface area contributed by atoms with Gasteiger partial charge in [0.05, 0.1) is 14.8 Å². The second-order valence-electron chi connectivity index (χ2n) is 5.55. The van der Waals surface area contributed by atoms with Gasteiger partial charge in [-0.3, -0.25) is 30.3 Å². The van der Waals surface area contributed by atoms with Crippen molar-refractivity contribution >= 4 is 40.2 Å². The molecular formula is C16H11N7O6. The van der Waals surface area contributed by atoms with Crippen LogP contribution in [0.2, 0.25) is 0 Å². The molecule has 0 fully saturated rings. The van der Waals surface area contributed by atoms with Gasteiger partial charge in [-0.05, 0) is 12.1 Å². The second kappa shape index (κ2) is 7.91. The zero-order valence-electron chi connectivity index (χ0n) is 14.4. The topological polar surface area (TPSA) is 179 Å². The molecule has 0 aliphatic rings. The number of benzene rings is 2. The second-order valence-corrected chi connectivity index (χ2v) is 5.55. The van der Waals surface area contributed by atoms with Crippen LogP contribution in [0.25, 0.3) is 0 Å². The maximum Gasteiger partial charge on any atom is 0.329 e. The van der Waals surface area contributed by atoms with Crippen LogP contribution in [0, 0.1) is 30.3 Å². The van der Waals surface area contributed by atoms with E-state index >= 15 is 0 Å². The van der Waals surface area contributed by atoms with Crippen molar-refractivity contribution in [3.63, 3.8) is 0 Å². The van der Waals surface area contributed by atoms with Crippen LogP contribution >= 0.6 is 0 Å².